The smallest absolute Gasteiger partial charge is 0.269 e. The third kappa shape index (κ3) is 4.72. The Bertz CT molecular complexity index is 941. The number of benzene rings is 2. The number of rotatable bonds is 6. The molecule has 27 heavy (non-hydrogen) atoms. The van der Waals surface area contributed by atoms with E-state index in [0.717, 1.165) is 23.1 Å². The monoisotopic (exact) mass is 387 g/mol. The van der Waals surface area contributed by atoms with Crippen molar-refractivity contribution in [2.24, 2.45) is 5.10 Å². The molecule has 1 atom stereocenters. The van der Waals surface area contributed by atoms with Crippen LogP contribution in [0.25, 0.3) is 0 Å². The van der Waals surface area contributed by atoms with E-state index in [1.54, 1.807) is 24.3 Å². The molecular formula is C19H21N3O4S. The lowest BCUT2D eigenvalue weighted by Crippen LogP contribution is -2.30. The molecule has 1 amide bonds. The second-order valence-corrected chi connectivity index (χ2v) is 8.05. The Hall–Kier alpha value is -2.71. The summed E-state index contributed by atoms with van der Waals surface area (Å²) < 4.78 is 30.1. The standard InChI is InChI=1S/C19H21N3O4S/c1-26-13-19(23)22-18(15-6-4-3-5-7-15)12-17(20-22)14-8-10-16(11-9-14)21-27(2,24)25/h3-11,18,21H,12-13H2,1-2H3/t18-/m0/s1. The molecule has 7 nitrogen and oxygen atoms in total. The molecule has 0 aliphatic carbocycles. The summed E-state index contributed by atoms with van der Waals surface area (Å²) in [6, 6.07) is 16.5. The van der Waals surface area contributed by atoms with Crippen molar-refractivity contribution in [3.05, 3.63) is 65.7 Å². The fourth-order valence-electron chi connectivity index (χ4n) is 2.98. The molecule has 142 valence electrons. The van der Waals surface area contributed by atoms with Crippen molar-refractivity contribution in [1.82, 2.24) is 5.01 Å². The maximum Gasteiger partial charge on any atom is 0.269 e. The summed E-state index contributed by atoms with van der Waals surface area (Å²) in [5.74, 6) is -0.211. The van der Waals surface area contributed by atoms with E-state index < -0.39 is 10.0 Å². The van der Waals surface area contributed by atoms with E-state index >= 15 is 0 Å². The lowest BCUT2D eigenvalue weighted by atomic mass is 9.98. The van der Waals surface area contributed by atoms with Gasteiger partial charge in [0.1, 0.15) is 6.61 Å². The van der Waals surface area contributed by atoms with E-state index in [1.165, 1.54) is 12.1 Å². The minimum Gasteiger partial charge on any atom is -0.375 e. The van der Waals surface area contributed by atoms with Crippen molar-refractivity contribution >= 4 is 27.3 Å². The summed E-state index contributed by atoms with van der Waals surface area (Å²) in [6.07, 6.45) is 1.67. The van der Waals surface area contributed by atoms with Crippen LogP contribution in [0.3, 0.4) is 0 Å². The summed E-state index contributed by atoms with van der Waals surface area (Å²) >= 11 is 0. The number of hydrazone groups is 1. The average Bonchev–Trinajstić information content (AvgIpc) is 3.07. The van der Waals surface area contributed by atoms with E-state index in [1.807, 2.05) is 30.3 Å². The molecule has 1 N–H and O–H groups in total. The van der Waals surface area contributed by atoms with Crippen molar-refractivity contribution in [1.29, 1.82) is 0 Å². The molecule has 0 fully saturated rings. The van der Waals surface area contributed by atoms with Gasteiger partial charge in [-0.15, -0.1) is 0 Å². The second-order valence-electron chi connectivity index (χ2n) is 6.30. The SMILES string of the molecule is COCC(=O)N1N=C(c2ccc(NS(C)(=O)=O)cc2)C[C@H]1c1ccccc1. The molecule has 1 heterocycles. The third-order valence-corrected chi connectivity index (χ3v) is 4.75. The highest BCUT2D eigenvalue weighted by molar-refractivity contribution is 7.92. The first-order valence-electron chi connectivity index (χ1n) is 8.39. The van der Waals surface area contributed by atoms with Gasteiger partial charge in [0.15, 0.2) is 0 Å². The van der Waals surface area contributed by atoms with Crippen LogP contribution in [0, 0.1) is 0 Å². The number of anilines is 1. The number of carbonyl (C=O) groups excluding carboxylic acids is 1. The highest BCUT2D eigenvalue weighted by Crippen LogP contribution is 2.33. The van der Waals surface area contributed by atoms with Crippen LogP contribution in [0.15, 0.2) is 59.7 Å². The van der Waals surface area contributed by atoms with Crippen LogP contribution in [0.4, 0.5) is 5.69 Å². The van der Waals surface area contributed by atoms with Crippen LogP contribution in [-0.4, -0.2) is 45.0 Å². The molecule has 2 aromatic rings. The first-order chi connectivity index (χ1) is 12.9. The van der Waals surface area contributed by atoms with E-state index in [-0.39, 0.29) is 18.6 Å². The average molecular weight is 387 g/mol. The number of sulfonamides is 1. The van der Waals surface area contributed by atoms with E-state index in [2.05, 4.69) is 9.82 Å². The van der Waals surface area contributed by atoms with E-state index in [4.69, 9.17) is 4.74 Å². The first kappa shape index (κ1) is 19.1. The number of amides is 1. The maximum absolute atomic E-state index is 12.4. The zero-order valence-electron chi connectivity index (χ0n) is 15.1. The first-order valence-corrected chi connectivity index (χ1v) is 10.3. The van der Waals surface area contributed by atoms with Crippen LogP contribution in [0.5, 0.6) is 0 Å². The van der Waals surface area contributed by atoms with Gasteiger partial charge in [0.05, 0.1) is 18.0 Å². The van der Waals surface area contributed by atoms with Gasteiger partial charge in [-0.3, -0.25) is 9.52 Å². The Morgan fingerprint density at radius 1 is 1.19 bits per heavy atom. The van der Waals surface area contributed by atoms with Crippen molar-refractivity contribution in [2.75, 3.05) is 24.7 Å². The van der Waals surface area contributed by atoms with Crippen molar-refractivity contribution in [2.45, 2.75) is 12.5 Å². The maximum atomic E-state index is 12.4. The molecule has 0 radical (unpaired) electrons. The topological polar surface area (TPSA) is 88.1 Å². The zero-order chi connectivity index (χ0) is 19.4. The highest BCUT2D eigenvalue weighted by Gasteiger charge is 2.32. The van der Waals surface area contributed by atoms with Gasteiger partial charge in [-0.25, -0.2) is 13.4 Å². The Balaban J connectivity index is 1.87. The molecule has 1 aliphatic heterocycles. The third-order valence-electron chi connectivity index (χ3n) is 4.14. The van der Waals surface area contributed by atoms with Gasteiger partial charge in [0.25, 0.3) is 5.91 Å². The van der Waals surface area contributed by atoms with Crippen molar-refractivity contribution < 1.29 is 17.9 Å². The number of hydrogen-bond acceptors (Lipinski definition) is 5. The highest BCUT2D eigenvalue weighted by atomic mass is 32.2. The van der Waals surface area contributed by atoms with Gasteiger partial charge in [-0.2, -0.15) is 5.10 Å². The predicted octanol–water partition coefficient (Wildman–Crippen LogP) is 2.38. The normalized spacial score (nSPS) is 16.9. The van der Waals surface area contributed by atoms with Gasteiger partial charge in [0.2, 0.25) is 10.0 Å². The zero-order valence-corrected chi connectivity index (χ0v) is 15.9. The molecular weight excluding hydrogens is 366 g/mol. The molecule has 1 aliphatic rings. The predicted molar refractivity (Wildman–Crippen MR) is 104 cm³/mol. The molecule has 0 saturated carbocycles. The Morgan fingerprint density at radius 2 is 1.85 bits per heavy atom. The van der Waals surface area contributed by atoms with E-state index in [0.29, 0.717) is 12.1 Å². The van der Waals surface area contributed by atoms with Crippen molar-refractivity contribution in [3.8, 4) is 0 Å². The van der Waals surface area contributed by atoms with Crippen LogP contribution in [0.1, 0.15) is 23.6 Å². The molecule has 0 bridgehead atoms. The van der Waals surface area contributed by atoms with Crippen molar-refractivity contribution in [3.63, 3.8) is 0 Å². The van der Waals surface area contributed by atoms with Gasteiger partial charge in [0, 0.05) is 19.2 Å². The molecule has 8 heteroatoms. The summed E-state index contributed by atoms with van der Waals surface area (Å²) in [5.41, 5.74) is 3.07. The summed E-state index contributed by atoms with van der Waals surface area (Å²) in [6.45, 7) is -0.0443. The van der Waals surface area contributed by atoms with Crippen LogP contribution in [0.2, 0.25) is 0 Å². The molecule has 2 aromatic carbocycles. The van der Waals surface area contributed by atoms with E-state index in [9.17, 15) is 13.2 Å². The fraction of sp³-hybridized carbons (Fsp3) is 0.263. The van der Waals surface area contributed by atoms with Gasteiger partial charge in [-0.1, -0.05) is 42.5 Å². The quantitative estimate of drug-likeness (QED) is 0.824. The minimum absolute atomic E-state index is 0.0443. The van der Waals surface area contributed by atoms with Gasteiger partial charge in [-0.05, 0) is 23.3 Å². The second kappa shape index (κ2) is 7.89. The largest absolute Gasteiger partial charge is 0.375 e. The van der Waals surface area contributed by atoms with Crippen LogP contribution >= 0.6 is 0 Å². The van der Waals surface area contributed by atoms with Crippen LogP contribution in [-0.2, 0) is 19.6 Å². The number of hydrogen-bond donors (Lipinski definition) is 1. The minimum atomic E-state index is -3.33. The fourth-order valence-corrected chi connectivity index (χ4v) is 3.55. The summed E-state index contributed by atoms with van der Waals surface area (Å²) in [4.78, 5) is 12.4. The lowest BCUT2D eigenvalue weighted by Gasteiger charge is -2.21. The number of ether oxygens (including phenoxy) is 1. The van der Waals surface area contributed by atoms with Gasteiger partial charge >= 0.3 is 0 Å². The Kier molecular flexibility index (Phi) is 5.57. The molecule has 3 rings (SSSR count). The summed E-state index contributed by atoms with van der Waals surface area (Å²) in [7, 11) is -1.85. The molecule has 0 aromatic heterocycles. The number of nitrogens with zero attached hydrogens (tertiary/aromatic N) is 2. The molecule has 0 saturated heterocycles. The Labute approximate surface area is 158 Å². The Morgan fingerprint density at radius 3 is 2.44 bits per heavy atom. The number of carbonyl (C=O) groups is 1. The molecule has 0 spiro atoms. The number of methoxy groups -OCH3 is 1. The molecule has 0 unspecified atom stereocenters. The lowest BCUT2D eigenvalue weighted by molar-refractivity contribution is -0.137. The summed E-state index contributed by atoms with van der Waals surface area (Å²) in [5, 5.41) is 5.99. The number of nitrogens with one attached hydrogen (secondary N) is 1. The van der Waals surface area contributed by atoms with Crippen LogP contribution < -0.4 is 4.72 Å². The van der Waals surface area contributed by atoms with Gasteiger partial charge < -0.3 is 4.74 Å².